The van der Waals surface area contributed by atoms with Crippen LogP contribution < -0.4 is 4.72 Å². The molecule has 2 rings (SSSR count). The number of carbonyl (C=O) groups is 1. The highest BCUT2D eigenvalue weighted by Crippen LogP contribution is 2.23. The summed E-state index contributed by atoms with van der Waals surface area (Å²) < 4.78 is 26.7. The van der Waals surface area contributed by atoms with Gasteiger partial charge < -0.3 is 0 Å². The van der Waals surface area contributed by atoms with Gasteiger partial charge in [0, 0.05) is 12.5 Å². The van der Waals surface area contributed by atoms with Gasteiger partial charge in [-0.3, -0.25) is 4.79 Å². The maximum Gasteiger partial charge on any atom is 0.241 e. The first-order chi connectivity index (χ1) is 7.99. The Morgan fingerprint density at radius 1 is 1.35 bits per heavy atom. The summed E-state index contributed by atoms with van der Waals surface area (Å²) in [6.07, 6.45) is 1.95. The van der Waals surface area contributed by atoms with Gasteiger partial charge in [-0.15, -0.1) is 0 Å². The molecule has 1 aliphatic carbocycles. The normalized spacial score (nSPS) is 15.8. The summed E-state index contributed by atoms with van der Waals surface area (Å²) in [5.74, 6) is -0.0425. The predicted molar refractivity (Wildman–Crippen MR) is 64.2 cm³/mol. The van der Waals surface area contributed by atoms with Crippen molar-refractivity contribution in [3.63, 3.8) is 0 Å². The number of carbonyl (C=O) groups excluding carboxylic acids is 1. The third kappa shape index (κ3) is 3.14. The molecule has 1 fully saturated rings. The van der Waals surface area contributed by atoms with E-state index in [0.717, 1.165) is 12.8 Å². The van der Waals surface area contributed by atoms with Gasteiger partial charge in [0.2, 0.25) is 10.0 Å². The lowest BCUT2D eigenvalue weighted by Crippen LogP contribution is -2.26. The van der Waals surface area contributed by atoms with E-state index in [0.29, 0.717) is 5.56 Å². The Bertz CT molecular complexity index is 532. The van der Waals surface area contributed by atoms with Crippen LogP contribution in [0.3, 0.4) is 0 Å². The largest absolute Gasteiger partial charge is 0.300 e. The number of hydrogen-bond acceptors (Lipinski definition) is 3. The summed E-state index contributed by atoms with van der Waals surface area (Å²) in [6.45, 7) is 1.46. The molecule has 0 spiro atoms. The molecule has 0 aliphatic heterocycles. The minimum Gasteiger partial charge on any atom is -0.300 e. The van der Waals surface area contributed by atoms with Gasteiger partial charge in [0.15, 0.2) is 0 Å². The van der Waals surface area contributed by atoms with Crippen molar-refractivity contribution in [2.75, 3.05) is 0 Å². The lowest BCUT2D eigenvalue weighted by Gasteiger charge is -2.09. The maximum atomic E-state index is 12.1. The van der Waals surface area contributed by atoms with Crippen LogP contribution >= 0.6 is 0 Å². The van der Waals surface area contributed by atoms with Crippen molar-refractivity contribution in [1.29, 1.82) is 0 Å². The Hall–Kier alpha value is -1.20. The minimum atomic E-state index is -3.48. The Balaban J connectivity index is 2.32. The van der Waals surface area contributed by atoms with E-state index in [-0.39, 0.29) is 23.1 Å². The summed E-state index contributed by atoms with van der Waals surface area (Å²) in [6, 6.07) is 6.72. The van der Waals surface area contributed by atoms with Crippen LogP contribution in [-0.2, 0) is 21.2 Å². The third-order valence-electron chi connectivity index (χ3n) is 2.60. The molecule has 4 nitrogen and oxygen atoms in total. The van der Waals surface area contributed by atoms with E-state index in [1.165, 1.54) is 6.92 Å². The van der Waals surface area contributed by atoms with E-state index in [1.807, 2.05) is 0 Å². The molecule has 0 saturated heterocycles. The molecule has 0 radical (unpaired) electrons. The number of ketones is 1. The van der Waals surface area contributed by atoms with Gasteiger partial charge in [-0.25, -0.2) is 13.1 Å². The van der Waals surface area contributed by atoms with E-state index < -0.39 is 10.0 Å². The van der Waals surface area contributed by atoms with Crippen LogP contribution in [0.4, 0.5) is 0 Å². The van der Waals surface area contributed by atoms with Crippen molar-refractivity contribution < 1.29 is 13.2 Å². The number of benzene rings is 1. The smallest absolute Gasteiger partial charge is 0.241 e. The molecule has 1 saturated carbocycles. The van der Waals surface area contributed by atoms with Gasteiger partial charge >= 0.3 is 0 Å². The molecule has 1 N–H and O–H groups in total. The van der Waals surface area contributed by atoms with Gasteiger partial charge in [-0.2, -0.15) is 0 Å². The number of Topliss-reactive ketones (excluding diaryl/α,β-unsaturated/α-hetero) is 1. The summed E-state index contributed by atoms with van der Waals surface area (Å²) >= 11 is 0. The quantitative estimate of drug-likeness (QED) is 0.859. The van der Waals surface area contributed by atoms with E-state index in [4.69, 9.17) is 0 Å². The van der Waals surface area contributed by atoms with E-state index in [1.54, 1.807) is 24.3 Å². The topological polar surface area (TPSA) is 63.2 Å². The molecule has 1 aromatic carbocycles. The van der Waals surface area contributed by atoms with Crippen molar-refractivity contribution in [3.05, 3.63) is 29.8 Å². The van der Waals surface area contributed by atoms with Crippen molar-refractivity contribution in [3.8, 4) is 0 Å². The van der Waals surface area contributed by atoms with Crippen molar-refractivity contribution >= 4 is 15.8 Å². The molecule has 0 atom stereocenters. The zero-order valence-electron chi connectivity index (χ0n) is 9.64. The van der Waals surface area contributed by atoms with Crippen molar-refractivity contribution in [2.45, 2.75) is 37.1 Å². The van der Waals surface area contributed by atoms with Crippen LogP contribution in [-0.4, -0.2) is 20.2 Å². The molecular weight excluding hydrogens is 238 g/mol. The third-order valence-corrected chi connectivity index (χ3v) is 4.22. The molecular formula is C12H15NO3S. The molecule has 1 aromatic rings. The van der Waals surface area contributed by atoms with Crippen LogP contribution in [0.1, 0.15) is 25.3 Å². The first-order valence-electron chi connectivity index (χ1n) is 5.59. The van der Waals surface area contributed by atoms with Crippen LogP contribution in [0, 0.1) is 0 Å². The standard InChI is InChI=1S/C12H15NO3S/c1-9(14)8-10-4-2-3-5-12(10)17(15,16)13-11-6-7-11/h2-5,11,13H,6-8H2,1H3. The van der Waals surface area contributed by atoms with Crippen LogP contribution in [0.5, 0.6) is 0 Å². The first kappa shape index (κ1) is 12.3. The van der Waals surface area contributed by atoms with Gasteiger partial charge in [0.1, 0.15) is 5.78 Å². The first-order valence-corrected chi connectivity index (χ1v) is 7.07. The van der Waals surface area contributed by atoms with Crippen LogP contribution in [0.15, 0.2) is 29.2 Å². The van der Waals surface area contributed by atoms with Gasteiger partial charge in [0.05, 0.1) is 4.90 Å². The number of rotatable bonds is 5. The highest BCUT2D eigenvalue weighted by molar-refractivity contribution is 7.89. The molecule has 0 unspecified atom stereocenters. The van der Waals surface area contributed by atoms with E-state index in [2.05, 4.69) is 4.72 Å². The van der Waals surface area contributed by atoms with E-state index >= 15 is 0 Å². The number of sulfonamides is 1. The molecule has 0 bridgehead atoms. The zero-order chi connectivity index (χ0) is 12.5. The number of hydrogen-bond donors (Lipinski definition) is 1. The summed E-state index contributed by atoms with van der Waals surface area (Å²) in [5.41, 5.74) is 0.563. The average molecular weight is 253 g/mol. The molecule has 5 heteroatoms. The SMILES string of the molecule is CC(=O)Cc1ccccc1S(=O)(=O)NC1CC1. The highest BCUT2D eigenvalue weighted by atomic mass is 32.2. The highest BCUT2D eigenvalue weighted by Gasteiger charge is 2.29. The fourth-order valence-corrected chi connectivity index (χ4v) is 3.21. The molecule has 0 heterocycles. The molecule has 0 amide bonds. The summed E-state index contributed by atoms with van der Waals surface area (Å²) in [5, 5.41) is 0. The van der Waals surface area contributed by atoms with Gasteiger partial charge in [-0.1, -0.05) is 18.2 Å². The Morgan fingerprint density at radius 2 is 2.00 bits per heavy atom. The lowest BCUT2D eigenvalue weighted by atomic mass is 10.1. The zero-order valence-corrected chi connectivity index (χ0v) is 10.5. The Kier molecular flexibility index (Phi) is 3.31. The van der Waals surface area contributed by atoms with Crippen molar-refractivity contribution in [2.24, 2.45) is 0 Å². The van der Waals surface area contributed by atoms with Gasteiger partial charge in [0.25, 0.3) is 0 Å². The van der Waals surface area contributed by atoms with Crippen LogP contribution in [0.2, 0.25) is 0 Å². The van der Waals surface area contributed by atoms with Crippen LogP contribution in [0.25, 0.3) is 0 Å². The van der Waals surface area contributed by atoms with Gasteiger partial charge in [-0.05, 0) is 31.4 Å². The predicted octanol–water partition coefficient (Wildman–Crippen LogP) is 1.26. The molecule has 17 heavy (non-hydrogen) atoms. The van der Waals surface area contributed by atoms with E-state index in [9.17, 15) is 13.2 Å². The Morgan fingerprint density at radius 3 is 2.59 bits per heavy atom. The maximum absolute atomic E-state index is 12.1. The molecule has 92 valence electrons. The summed E-state index contributed by atoms with van der Waals surface area (Å²) in [4.78, 5) is 11.3. The fraction of sp³-hybridized carbons (Fsp3) is 0.417. The second-order valence-electron chi connectivity index (χ2n) is 4.38. The fourth-order valence-electron chi connectivity index (χ4n) is 1.66. The molecule has 1 aliphatic rings. The summed E-state index contributed by atoms with van der Waals surface area (Å²) in [7, 11) is -3.48. The Labute approximate surface area is 101 Å². The monoisotopic (exact) mass is 253 g/mol. The lowest BCUT2D eigenvalue weighted by molar-refractivity contribution is -0.116. The second kappa shape index (κ2) is 4.58. The second-order valence-corrected chi connectivity index (χ2v) is 6.06. The van der Waals surface area contributed by atoms with Crippen molar-refractivity contribution in [1.82, 2.24) is 4.72 Å². The average Bonchev–Trinajstić information content (AvgIpc) is 3.00. The minimum absolute atomic E-state index is 0.0425. The molecule has 0 aromatic heterocycles. The number of nitrogens with one attached hydrogen (secondary N) is 1.